The van der Waals surface area contributed by atoms with Crippen molar-refractivity contribution in [3.63, 3.8) is 0 Å². The molecule has 2 N–H and O–H groups in total. The third-order valence-corrected chi connectivity index (χ3v) is 8.56. The summed E-state index contributed by atoms with van der Waals surface area (Å²) in [6.07, 6.45) is 4.50. The fourth-order valence-corrected chi connectivity index (χ4v) is 8.09. The minimum atomic E-state index is -0.282. The molecule has 3 spiro atoms. The number of ether oxygens (including phenoxy) is 1. The van der Waals surface area contributed by atoms with Gasteiger partial charge in [-0.25, -0.2) is 0 Å². The van der Waals surface area contributed by atoms with Crippen molar-refractivity contribution in [2.45, 2.75) is 55.2 Å². The van der Waals surface area contributed by atoms with Crippen LogP contribution in [0.25, 0.3) is 0 Å². The van der Waals surface area contributed by atoms with E-state index in [1.807, 2.05) is 0 Å². The number of aliphatic hydroxyl groups excluding tert-OH is 1. The van der Waals surface area contributed by atoms with Gasteiger partial charge in [-0.2, -0.15) is 0 Å². The summed E-state index contributed by atoms with van der Waals surface area (Å²) in [5.41, 5.74) is 2.33. The maximum absolute atomic E-state index is 12.9. The maximum Gasteiger partial charge on any atom is 0.311 e. The first-order chi connectivity index (χ1) is 12.6. The Morgan fingerprint density at radius 2 is 2.12 bits per heavy atom. The van der Waals surface area contributed by atoms with Gasteiger partial charge in [0.05, 0.1) is 24.7 Å². The molecule has 0 radical (unpaired) electrons. The van der Waals surface area contributed by atoms with Gasteiger partial charge in [0.15, 0.2) is 0 Å². The smallest absolute Gasteiger partial charge is 0.311 e. The Morgan fingerprint density at radius 1 is 1.27 bits per heavy atom. The molecule has 26 heavy (non-hydrogen) atoms. The van der Waals surface area contributed by atoms with Crippen LogP contribution in [0.4, 0.5) is 5.69 Å². The Labute approximate surface area is 153 Å². The first-order valence-corrected chi connectivity index (χ1v) is 9.94. The lowest BCUT2D eigenvalue weighted by atomic mass is 9.39. The molecule has 5 heteroatoms. The SMILES string of the molecule is COC(=O)C1CC23CCC14Nc1ccccc1[C@@]41CCN(CC(O)C2)[C@@H]31. The molecular formula is C21H26N2O3. The van der Waals surface area contributed by atoms with Gasteiger partial charge in [-0.3, -0.25) is 9.69 Å². The number of nitrogens with zero attached hydrogens (tertiary/aromatic N) is 1. The van der Waals surface area contributed by atoms with Crippen molar-refractivity contribution < 1.29 is 14.6 Å². The lowest BCUT2D eigenvalue weighted by Gasteiger charge is -2.69. The molecular weight excluding hydrogens is 328 g/mol. The largest absolute Gasteiger partial charge is 0.469 e. The van der Waals surface area contributed by atoms with E-state index in [0.717, 1.165) is 45.2 Å². The zero-order chi connectivity index (χ0) is 17.7. The third kappa shape index (κ3) is 1.44. The zero-order valence-electron chi connectivity index (χ0n) is 15.2. The molecule has 3 aliphatic heterocycles. The first-order valence-electron chi connectivity index (χ1n) is 9.94. The summed E-state index contributed by atoms with van der Waals surface area (Å²) < 4.78 is 5.30. The average molecular weight is 354 g/mol. The minimum Gasteiger partial charge on any atom is -0.469 e. The van der Waals surface area contributed by atoms with Crippen LogP contribution in [0.5, 0.6) is 0 Å². The van der Waals surface area contributed by atoms with Crippen LogP contribution in [0.3, 0.4) is 0 Å². The zero-order valence-corrected chi connectivity index (χ0v) is 15.2. The Bertz CT molecular complexity index is 812. The molecule has 1 aromatic carbocycles. The molecule has 3 saturated carbocycles. The van der Waals surface area contributed by atoms with E-state index < -0.39 is 0 Å². The van der Waals surface area contributed by atoms with E-state index in [4.69, 9.17) is 4.74 Å². The number of esters is 1. The molecule has 1 aromatic rings. The van der Waals surface area contributed by atoms with Gasteiger partial charge >= 0.3 is 5.97 Å². The molecule has 7 rings (SSSR count). The first kappa shape index (κ1) is 15.5. The van der Waals surface area contributed by atoms with Crippen molar-refractivity contribution in [2.24, 2.45) is 11.3 Å². The van der Waals surface area contributed by atoms with Gasteiger partial charge in [0, 0.05) is 23.7 Å². The molecule has 5 nitrogen and oxygen atoms in total. The Morgan fingerprint density at radius 3 is 2.96 bits per heavy atom. The second-order valence-electron chi connectivity index (χ2n) is 9.26. The molecule has 0 amide bonds. The number of rotatable bonds is 1. The van der Waals surface area contributed by atoms with Crippen molar-refractivity contribution in [3.05, 3.63) is 29.8 Å². The van der Waals surface area contributed by atoms with Crippen molar-refractivity contribution in [1.82, 2.24) is 4.90 Å². The van der Waals surface area contributed by atoms with Gasteiger partial charge in [-0.15, -0.1) is 0 Å². The highest BCUT2D eigenvalue weighted by Gasteiger charge is 2.79. The van der Waals surface area contributed by atoms with E-state index >= 15 is 0 Å². The van der Waals surface area contributed by atoms with E-state index in [2.05, 4.69) is 34.5 Å². The van der Waals surface area contributed by atoms with Crippen molar-refractivity contribution in [3.8, 4) is 0 Å². The van der Waals surface area contributed by atoms with Crippen LogP contribution >= 0.6 is 0 Å². The quantitative estimate of drug-likeness (QED) is 0.755. The number of anilines is 1. The minimum absolute atomic E-state index is 0.0217. The van der Waals surface area contributed by atoms with Crippen LogP contribution in [-0.4, -0.2) is 53.9 Å². The fraction of sp³-hybridized carbons (Fsp3) is 0.667. The number of carbonyl (C=O) groups is 1. The summed E-state index contributed by atoms with van der Waals surface area (Å²) >= 11 is 0. The molecule has 6 aliphatic rings. The number of hydrogen-bond acceptors (Lipinski definition) is 5. The predicted molar refractivity (Wildman–Crippen MR) is 96.9 cm³/mol. The number of fused-ring (bicyclic) bond motifs is 3. The van der Waals surface area contributed by atoms with Crippen molar-refractivity contribution in [2.75, 3.05) is 25.5 Å². The Hall–Kier alpha value is -1.59. The number of carbonyl (C=O) groups excluding carboxylic acids is 1. The maximum atomic E-state index is 12.9. The van der Waals surface area contributed by atoms with E-state index in [0.29, 0.717) is 6.04 Å². The highest BCUT2D eigenvalue weighted by molar-refractivity contribution is 5.80. The van der Waals surface area contributed by atoms with E-state index in [1.165, 1.54) is 18.4 Å². The molecule has 6 atom stereocenters. The molecule has 0 aromatic heterocycles. The Kier molecular flexibility index (Phi) is 2.75. The van der Waals surface area contributed by atoms with E-state index in [-0.39, 0.29) is 34.4 Å². The topological polar surface area (TPSA) is 61.8 Å². The van der Waals surface area contributed by atoms with Gasteiger partial charge in [0.1, 0.15) is 0 Å². The molecule has 2 bridgehead atoms. The van der Waals surface area contributed by atoms with Crippen molar-refractivity contribution in [1.29, 1.82) is 0 Å². The van der Waals surface area contributed by atoms with Gasteiger partial charge in [0.2, 0.25) is 0 Å². The number of nitrogens with one attached hydrogen (secondary N) is 1. The predicted octanol–water partition coefficient (Wildman–Crippen LogP) is 1.90. The van der Waals surface area contributed by atoms with Crippen LogP contribution < -0.4 is 5.32 Å². The highest BCUT2D eigenvalue weighted by atomic mass is 16.5. The Balaban J connectivity index is 1.64. The number of aliphatic hydroxyl groups is 1. The summed E-state index contributed by atoms with van der Waals surface area (Å²) in [6, 6.07) is 9.09. The van der Waals surface area contributed by atoms with Gasteiger partial charge in [0.25, 0.3) is 0 Å². The molecule has 4 unspecified atom stereocenters. The normalized spacial score (nSPS) is 47.7. The number of piperidine rings is 1. The fourth-order valence-electron chi connectivity index (χ4n) is 8.09. The van der Waals surface area contributed by atoms with Crippen LogP contribution in [0.2, 0.25) is 0 Å². The van der Waals surface area contributed by atoms with Crippen LogP contribution in [0, 0.1) is 11.3 Å². The lowest BCUT2D eigenvalue weighted by Crippen LogP contribution is -2.77. The summed E-state index contributed by atoms with van der Waals surface area (Å²) in [4.78, 5) is 15.5. The molecule has 5 fully saturated rings. The second kappa shape index (κ2) is 4.63. The van der Waals surface area contributed by atoms with E-state index in [9.17, 15) is 9.90 Å². The number of benzene rings is 1. The molecule has 3 heterocycles. The highest BCUT2D eigenvalue weighted by Crippen LogP contribution is 2.74. The summed E-state index contributed by atoms with van der Waals surface area (Å²) in [6.45, 7) is 1.78. The third-order valence-electron chi connectivity index (χ3n) is 8.56. The number of methoxy groups -OCH3 is 1. The summed E-state index contributed by atoms with van der Waals surface area (Å²) in [5.74, 6) is -0.226. The second-order valence-corrected chi connectivity index (χ2v) is 9.26. The number of para-hydroxylation sites is 1. The van der Waals surface area contributed by atoms with Gasteiger partial charge < -0.3 is 15.2 Å². The summed E-state index contributed by atoms with van der Waals surface area (Å²) in [7, 11) is 1.52. The van der Waals surface area contributed by atoms with Crippen molar-refractivity contribution >= 4 is 11.7 Å². The average Bonchev–Trinajstić information content (AvgIpc) is 3.18. The molecule has 3 aliphatic carbocycles. The van der Waals surface area contributed by atoms with E-state index in [1.54, 1.807) is 0 Å². The van der Waals surface area contributed by atoms with Crippen LogP contribution in [0.15, 0.2) is 24.3 Å². The van der Waals surface area contributed by atoms with Crippen LogP contribution in [0.1, 0.15) is 37.7 Å². The molecule has 138 valence electrons. The number of hydrogen-bond donors (Lipinski definition) is 2. The van der Waals surface area contributed by atoms with Crippen LogP contribution in [-0.2, 0) is 14.9 Å². The monoisotopic (exact) mass is 354 g/mol. The van der Waals surface area contributed by atoms with Gasteiger partial charge in [-0.05, 0) is 55.7 Å². The standard InChI is InChI=1S/C21H26N2O3/c1-26-17(25)15-11-19-6-7-21(15)20(14-4-2-3-5-16(14)22-21)8-9-23(18(19)20)12-13(24)10-19/h2-5,13,15,18,22,24H,6-12H2,1H3/t13?,15?,18-,19?,20+,21?/m0/s1. The van der Waals surface area contributed by atoms with Gasteiger partial charge in [-0.1, -0.05) is 18.2 Å². The molecule has 2 saturated heterocycles. The summed E-state index contributed by atoms with van der Waals surface area (Å²) in [5, 5.41) is 14.5. The lowest BCUT2D eigenvalue weighted by molar-refractivity contribution is -0.180.